The van der Waals surface area contributed by atoms with Crippen molar-refractivity contribution in [3.8, 4) is 0 Å². The summed E-state index contributed by atoms with van der Waals surface area (Å²) in [7, 11) is 1.83. The fraction of sp³-hybridized carbons (Fsp3) is 0.286. The van der Waals surface area contributed by atoms with Crippen LogP contribution in [0.25, 0.3) is 0 Å². The van der Waals surface area contributed by atoms with Gasteiger partial charge < -0.3 is 10.6 Å². The molecule has 2 rings (SSSR count). The number of carbonyl (C=O) groups is 1. The fourth-order valence-corrected chi connectivity index (χ4v) is 1.83. The first-order chi connectivity index (χ1) is 9.99. The summed E-state index contributed by atoms with van der Waals surface area (Å²) in [5.74, 6) is -2.11. The number of amides is 1. The van der Waals surface area contributed by atoms with Crippen LogP contribution in [0.2, 0.25) is 0 Å². The van der Waals surface area contributed by atoms with Gasteiger partial charge in [-0.3, -0.25) is 9.48 Å². The second kappa shape index (κ2) is 6.45. The molecule has 0 saturated heterocycles. The van der Waals surface area contributed by atoms with E-state index in [9.17, 15) is 13.6 Å². The van der Waals surface area contributed by atoms with Gasteiger partial charge in [-0.15, -0.1) is 0 Å². The maximum atomic E-state index is 13.4. The van der Waals surface area contributed by atoms with Crippen LogP contribution >= 0.6 is 0 Å². The van der Waals surface area contributed by atoms with Crippen LogP contribution in [0.5, 0.6) is 0 Å². The predicted octanol–water partition coefficient (Wildman–Crippen LogP) is 1.74. The molecule has 5 nitrogen and oxygen atoms in total. The van der Waals surface area contributed by atoms with Gasteiger partial charge in [-0.2, -0.15) is 5.10 Å². The molecule has 0 aliphatic heterocycles. The zero-order valence-electron chi connectivity index (χ0n) is 11.8. The molecular formula is C14H16F2N4O. The van der Waals surface area contributed by atoms with Gasteiger partial charge in [0.15, 0.2) is 0 Å². The zero-order valence-corrected chi connectivity index (χ0v) is 11.8. The van der Waals surface area contributed by atoms with Crippen molar-refractivity contribution in [1.29, 1.82) is 0 Å². The highest BCUT2D eigenvalue weighted by atomic mass is 19.1. The summed E-state index contributed by atoms with van der Waals surface area (Å²) >= 11 is 0. The highest BCUT2D eigenvalue weighted by Crippen LogP contribution is 2.17. The SMILES string of the molecule is Cc1c(CNCC(=O)Nc2c(F)cccc2F)cnn1C. The molecule has 0 aliphatic carbocycles. The Bertz CT molecular complexity index is 634. The fourth-order valence-electron chi connectivity index (χ4n) is 1.83. The molecule has 2 N–H and O–H groups in total. The van der Waals surface area contributed by atoms with Crippen LogP contribution in [-0.2, 0) is 18.4 Å². The summed E-state index contributed by atoms with van der Waals surface area (Å²) in [6.45, 7) is 2.31. The third-order valence-corrected chi connectivity index (χ3v) is 3.17. The molecule has 2 aromatic rings. The lowest BCUT2D eigenvalue weighted by Gasteiger charge is -2.08. The Labute approximate surface area is 121 Å². The molecule has 21 heavy (non-hydrogen) atoms. The maximum Gasteiger partial charge on any atom is 0.238 e. The van der Waals surface area contributed by atoms with E-state index >= 15 is 0 Å². The number of anilines is 1. The normalized spacial score (nSPS) is 10.7. The number of hydrogen-bond donors (Lipinski definition) is 2. The molecule has 0 saturated carbocycles. The van der Waals surface area contributed by atoms with E-state index in [4.69, 9.17) is 0 Å². The predicted molar refractivity (Wildman–Crippen MR) is 74.6 cm³/mol. The van der Waals surface area contributed by atoms with Crippen LogP contribution in [0.3, 0.4) is 0 Å². The Morgan fingerprint density at radius 1 is 1.33 bits per heavy atom. The summed E-state index contributed by atoms with van der Waals surface area (Å²) in [5.41, 5.74) is 1.52. The third kappa shape index (κ3) is 3.63. The summed E-state index contributed by atoms with van der Waals surface area (Å²) in [5, 5.41) is 9.20. The van der Waals surface area contributed by atoms with E-state index in [0.29, 0.717) is 6.54 Å². The van der Waals surface area contributed by atoms with Gasteiger partial charge in [0, 0.05) is 24.8 Å². The molecule has 1 amide bonds. The van der Waals surface area contributed by atoms with E-state index in [1.54, 1.807) is 10.9 Å². The largest absolute Gasteiger partial charge is 0.320 e. The molecule has 0 unspecified atom stereocenters. The molecule has 1 heterocycles. The topological polar surface area (TPSA) is 59.0 Å². The summed E-state index contributed by atoms with van der Waals surface area (Å²) in [6, 6.07) is 3.42. The van der Waals surface area contributed by atoms with Gasteiger partial charge in [0.25, 0.3) is 0 Å². The van der Waals surface area contributed by atoms with Crippen molar-refractivity contribution in [3.63, 3.8) is 0 Å². The van der Waals surface area contributed by atoms with E-state index in [0.717, 1.165) is 23.4 Å². The number of aryl methyl sites for hydroxylation is 1. The van der Waals surface area contributed by atoms with E-state index in [-0.39, 0.29) is 6.54 Å². The van der Waals surface area contributed by atoms with Crippen LogP contribution in [0.15, 0.2) is 24.4 Å². The van der Waals surface area contributed by atoms with E-state index in [2.05, 4.69) is 15.7 Å². The number of rotatable bonds is 5. The minimum Gasteiger partial charge on any atom is -0.320 e. The number of carbonyl (C=O) groups excluding carboxylic acids is 1. The average Bonchev–Trinajstić information content (AvgIpc) is 2.75. The maximum absolute atomic E-state index is 13.4. The molecule has 0 fully saturated rings. The van der Waals surface area contributed by atoms with Crippen molar-refractivity contribution in [2.24, 2.45) is 7.05 Å². The Hall–Kier alpha value is -2.28. The van der Waals surface area contributed by atoms with Crippen molar-refractivity contribution in [2.45, 2.75) is 13.5 Å². The molecule has 7 heteroatoms. The lowest BCUT2D eigenvalue weighted by molar-refractivity contribution is -0.115. The first-order valence-electron chi connectivity index (χ1n) is 6.41. The van der Waals surface area contributed by atoms with Crippen molar-refractivity contribution < 1.29 is 13.6 Å². The molecule has 1 aromatic heterocycles. The summed E-state index contributed by atoms with van der Waals surface area (Å²) in [6.07, 6.45) is 1.71. The first-order valence-corrected chi connectivity index (χ1v) is 6.41. The standard InChI is InChI=1S/C14H16F2N4O/c1-9-10(7-18-20(9)2)6-17-8-13(21)19-14-11(15)4-3-5-12(14)16/h3-5,7,17H,6,8H2,1-2H3,(H,19,21). The van der Waals surface area contributed by atoms with Crippen LogP contribution < -0.4 is 10.6 Å². The third-order valence-electron chi connectivity index (χ3n) is 3.17. The highest BCUT2D eigenvalue weighted by Gasteiger charge is 2.11. The van der Waals surface area contributed by atoms with Crippen molar-refractivity contribution in [1.82, 2.24) is 15.1 Å². The minimum absolute atomic E-state index is 0.0535. The van der Waals surface area contributed by atoms with Crippen LogP contribution in [0.4, 0.5) is 14.5 Å². The Balaban J connectivity index is 1.87. The quantitative estimate of drug-likeness (QED) is 0.883. The first kappa shape index (κ1) is 15.1. The molecule has 0 atom stereocenters. The van der Waals surface area contributed by atoms with Crippen LogP contribution in [-0.4, -0.2) is 22.2 Å². The van der Waals surface area contributed by atoms with Gasteiger partial charge >= 0.3 is 0 Å². The van der Waals surface area contributed by atoms with Gasteiger partial charge in [-0.1, -0.05) is 6.07 Å². The van der Waals surface area contributed by atoms with Gasteiger partial charge in [0.1, 0.15) is 17.3 Å². The Kier molecular flexibility index (Phi) is 4.64. The number of nitrogens with zero attached hydrogens (tertiary/aromatic N) is 2. The van der Waals surface area contributed by atoms with Gasteiger partial charge in [0.2, 0.25) is 5.91 Å². The van der Waals surface area contributed by atoms with Crippen LogP contribution in [0.1, 0.15) is 11.3 Å². The molecule has 112 valence electrons. The molecule has 0 radical (unpaired) electrons. The van der Waals surface area contributed by atoms with Crippen molar-refractivity contribution in [2.75, 3.05) is 11.9 Å². The molecule has 1 aromatic carbocycles. The van der Waals surface area contributed by atoms with Gasteiger partial charge in [-0.05, 0) is 19.1 Å². The smallest absolute Gasteiger partial charge is 0.238 e. The average molecular weight is 294 g/mol. The molecule has 0 spiro atoms. The second-order valence-electron chi connectivity index (χ2n) is 4.63. The van der Waals surface area contributed by atoms with Crippen molar-refractivity contribution >= 4 is 11.6 Å². The van der Waals surface area contributed by atoms with Gasteiger partial charge in [0.05, 0.1) is 12.7 Å². The number of para-hydroxylation sites is 1. The van der Waals surface area contributed by atoms with Crippen LogP contribution in [0, 0.1) is 18.6 Å². The number of benzene rings is 1. The number of nitrogens with one attached hydrogen (secondary N) is 2. The highest BCUT2D eigenvalue weighted by molar-refractivity contribution is 5.92. The summed E-state index contributed by atoms with van der Waals surface area (Å²) < 4.78 is 28.5. The monoisotopic (exact) mass is 294 g/mol. The summed E-state index contributed by atoms with van der Waals surface area (Å²) in [4.78, 5) is 11.7. The molecule has 0 bridgehead atoms. The van der Waals surface area contributed by atoms with E-state index < -0.39 is 23.2 Å². The zero-order chi connectivity index (χ0) is 15.4. The number of aromatic nitrogens is 2. The Morgan fingerprint density at radius 2 is 2.00 bits per heavy atom. The molecule has 0 aliphatic rings. The lowest BCUT2D eigenvalue weighted by atomic mass is 10.2. The van der Waals surface area contributed by atoms with Crippen molar-refractivity contribution in [3.05, 3.63) is 47.3 Å². The minimum atomic E-state index is -0.800. The van der Waals surface area contributed by atoms with E-state index in [1.807, 2.05) is 14.0 Å². The van der Waals surface area contributed by atoms with E-state index in [1.165, 1.54) is 6.07 Å². The number of hydrogen-bond acceptors (Lipinski definition) is 3. The Morgan fingerprint density at radius 3 is 2.57 bits per heavy atom. The van der Waals surface area contributed by atoms with Gasteiger partial charge in [-0.25, -0.2) is 8.78 Å². The second-order valence-corrected chi connectivity index (χ2v) is 4.63. The lowest BCUT2D eigenvalue weighted by Crippen LogP contribution is -2.28. The number of halogens is 2. The molecular weight excluding hydrogens is 278 g/mol.